The topological polar surface area (TPSA) is 0 Å². The molecule has 13 heavy (non-hydrogen) atoms. The molecule has 70 valence electrons. The first kappa shape index (κ1) is 8.80. The van der Waals surface area contributed by atoms with Gasteiger partial charge >= 0.3 is 0 Å². The van der Waals surface area contributed by atoms with Gasteiger partial charge in [0.2, 0.25) is 0 Å². The highest BCUT2D eigenvalue weighted by Crippen LogP contribution is 2.49. The Bertz CT molecular complexity index is 323. The van der Waals surface area contributed by atoms with Crippen LogP contribution in [-0.4, -0.2) is 0 Å². The maximum atomic E-state index is 2.37. The molecule has 0 N–H and O–H groups in total. The first-order valence-electron chi connectivity index (χ1n) is 5.14. The zero-order chi connectivity index (χ0) is 9.64. The van der Waals surface area contributed by atoms with Gasteiger partial charge in [-0.05, 0) is 28.4 Å². The van der Waals surface area contributed by atoms with Gasteiger partial charge in [0.05, 0.1) is 0 Å². The van der Waals surface area contributed by atoms with E-state index in [1.54, 1.807) is 11.1 Å². The minimum absolute atomic E-state index is 0.357. The summed E-state index contributed by atoms with van der Waals surface area (Å²) in [7, 11) is 0. The highest BCUT2D eigenvalue weighted by Gasteiger charge is 2.40. The van der Waals surface area contributed by atoms with Crippen molar-refractivity contribution in [2.75, 3.05) is 0 Å². The van der Waals surface area contributed by atoms with E-state index >= 15 is 0 Å². The molecule has 0 saturated heterocycles. The van der Waals surface area contributed by atoms with Crippen LogP contribution in [0.2, 0.25) is 0 Å². The second-order valence-corrected chi connectivity index (χ2v) is 4.89. The number of rotatable bonds is 0. The molecule has 1 aliphatic carbocycles. The molecule has 0 nitrogen and oxygen atoms in total. The number of hydrogen-bond donors (Lipinski definition) is 0. The Morgan fingerprint density at radius 3 is 2.31 bits per heavy atom. The molecule has 0 heteroatoms. The van der Waals surface area contributed by atoms with Crippen LogP contribution in [0.3, 0.4) is 0 Å². The molecule has 2 atom stereocenters. The van der Waals surface area contributed by atoms with Crippen LogP contribution < -0.4 is 0 Å². The van der Waals surface area contributed by atoms with Gasteiger partial charge in [-0.15, -0.1) is 0 Å². The van der Waals surface area contributed by atoms with Gasteiger partial charge in [-0.3, -0.25) is 0 Å². The Labute approximate surface area is 81.0 Å². The van der Waals surface area contributed by atoms with E-state index in [1.165, 1.54) is 0 Å². The molecule has 0 unspecified atom stereocenters. The molecular formula is C13H18. The van der Waals surface area contributed by atoms with E-state index < -0.39 is 0 Å². The molecule has 2 rings (SSSR count). The molecule has 1 aromatic rings. The van der Waals surface area contributed by atoms with Crippen molar-refractivity contribution >= 4 is 0 Å². The monoisotopic (exact) mass is 174 g/mol. The van der Waals surface area contributed by atoms with Crippen LogP contribution in [0.1, 0.15) is 44.7 Å². The van der Waals surface area contributed by atoms with Crippen LogP contribution in [0.15, 0.2) is 24.3 Å². The predicted molar refractivity (Wildman–Crippen MR) is 57.0 cm³/mol. The van der Waals surface area contributed by atoms with Gasteiger partial charge in [0.1, 0.15) is 0 Å². The maximum absolute atomic E-state index is 2.37. The van der Waals surface area contributed by atoms with Crippen molar-refractivity contribution in [2.45, 2.75) is 39.0 Å². The standard InChI is InChI=1S/C13H18/c1-9-10(2)13(3,4)12-8-6-5-7-11(9)12/h5-10H,1-4H3/t9-,10-/m0/s1. The Kier molecular flexibility index (Phi) is 1.76. The van der Waals surface area contributed by atoms with Crippen LogP contribution in [-0.2, 0) is 5.41 Å². The highest BCUT2D eigenvalue weighted by atomic mass is 14.4. The molecule has 1 aliphatic rings. The van der Waals surface area contributed by atoms with E-state index in [0.29, 0.717) is 11.3 Å². The fourth-order valence-corrected chi connectivity index (χ4v) is 2.62. The maximum Gasteiger partial charge on any atom is -0.00694 e. The summed E-state index contributed by atoms with van der Waals surface area (Å²) in [6.45, 7) is 9.43. The van der Waals surface area contributed by atoms with E-state index in [4.69, 9.17) is 0 Å². The van der Waals surface area contributed by atoms with E-state index in [0.717, 1.165) is 5.92 Å². The van der Waals surface area contributed by atoms with Crippen molar-refractivity contribution < 1.29 is 0 Å². The smallest absolute Gasteiger partial charge is 0.00694 e. The van der Waals surface area contributed by atoms with Crippen molar-refractivity contribution in [1.29, 1.82) is 0 Å². The number of hydrogen-bond acceptors (Lipinski definition) is 0. The summed E-state index contributed by atoms with van der Waals surface area (Å²) >= 11 is 0. The van der Waals surface area contributed by atoms with E-state index in [1.807, 2.05) is 0 Å². The van der Waals surface area contributed by atoms with Crippen LogP contribution in [0.4, 0.5) is 0 Å². The lowest BCUT2D eigenvalue weighted by atomic mass is 9.78. The number of fused-ring (bicyclic) bond motifs is 1. The molecule has 0 bridgehead atoms. The van der Waals surface area contributed by atoms with Gasteiger partial charge in [-0.2, -0.15) is 0 Å². The predicted octanol–water partition coefficient (Wildman–Crippen LogP) is 3.72. The SMILES string of the molecule is C[C@@H]1c2ccccc2C(C)(C)[C@H]1C. The molecule has 0 amide bonds. The van der Waals surface area contributed by atoms with Crippen LogP contribution in [0.25, 0.3) is 0 Å². The fourth-order valence-electron chi connectivity index (χ4n) is 2.62. The third-order valence-corrected chi connectivity index (χ3v) is 4.03. The Balaban J connectivity index is 2.61. The van der Waals surface area contributed by atoms with Gasteiger partial charge < -0.3 is 0 Å². The molecule has 0 radical (unpaired) electrons. The van der Waals surface area contributed by atoms with Gasteiger partial charge in [0.25, 0.3) is 0 Å². The third-order valence-electron chi connectivity index (χ3n) is 4.03. The quantitative estimate of drug-likeness (QED) is 0.562. The van der Waals surface area contributed by atoms with Crippen molar-refractivity contribution in [3.63, 3.8) is 0 Å². The van der Waals surface area contributed by atoms with E-state index in [-0.39, 0.29) is 0 Å². The lowest BCUT2D eigenvalue weighted by Gasteiger charge is -2.26. The summed E-state index contributed by atoms with van der Waals surface area (Å²) in [6, 6.07) is 8.88. The minimum atomic E-state index is 0.357. The molecule has 0 aliphatic heterocycles. The van der Waals surface area contributed by atoms with Crippen LogP contribution in [0.5, 0.6) is 0 Å². The number of benzene rings is 1. The summed E-state index contributed by atoms with van der Waals surface area (Å²) in [6.07, 6.45) is 0. The molecular weight excluding hydrogens is 156 g/mol. The normalized spacial score (nSPS) is 30.2. The Morgan fingerprint density at radius 1 is 1.08 bits per heavy atom. The lowest BCUT2D eigenvalue weighted by molar-refractivity contribution is 0.342. The largest absolute Gasteiger partial charge is 0.0620 e. The van der Waals surface area contributed by atoms with E-state index in [9.17, 15) is 0 Å². The van der Waals surface area contributed by atoms with Crippen molar-refractivity contribution in [3.8, 4) is 0 Å². The summed E-state index contributed by atoms with van der Waals surface area (Å²) in [5.74, 6) is 1.47. The minimum Gasteiger partial charge on any atom is -0.0620 e. The van der Waals surface area contributed by atoms with Gasteiger partial charge in [0, 0.05) is 0 Å². The molecule has 1 aromatic carbocycles. The average Bonchev–Trinajstić information content (AvgIpc) is 2.30. The van der Waals surface area contributed by atoms with Crippen molar-refractivity contribution in [1.82, 2.24) is 0 Å². The second-order valence-electron chi connectivity index (χ2n) is 4.89. The summed E-state index contributed by atoms with van der Waals surface area (Å²) in [4.78, 5) is 0. The van der Waals surface area contributed by atoms with Gasteiger partial charge in [-0.1, -0.05) is 52.0 Å². The average molecular weight is 174 g/mol. The molecule has 0 spiro atoms. The molecule has 0 saturated carbocycles. The van der Waals surface area contributed by atoms with Gasteiger partial charge in [0.15, 0.2) is 0 Å². The molecule has 0 fully saturated rings. The lowest BCUT2D eigenvalue weighted by Crippen LogP contribution is -2.22. The third kappa shape index (κ3) is 1.04. The van der Waals surface area contributed by atoms with Crippen molar-refractivity contribution in [2.24, 2.45) is 5.92 Å². The van der Waals surface area contributed by atoms with Gasteiger partial charge in [-0.25, -0.2) is 0 Å². The van der Waals surface area contributed by atoms with Crippen molar-refractivity contribution in [3.05, 3.63) is 35.4 Å². The summed E-state index contributed by atoms with van der Waals surface area (Å²) < 4.78 is 0. The molecule has 0 heterocycles. The Morgan fingerprint density at radius 2 is 1.69 bits per heavy atom. The first-order valence-corrected chi connectivity index (χ1v) is 5.14. The Hall–Kier alpha value is -0.780. The highest BCUT2D eigenvalue weighted by molar-refractivity contribution is 5.42. The second kappa shape index (κ2) is 2.60. The first-order chi connectivity index (χ1) is 6.05. The zero-order valence-electron chi connectivity index (χ0n) is 8.96. The zero-order valence-corrected chi connectivity index (χ0v) is 8.96. The fraction of sp³-hybridized carbons (Fsp3) is 0.538. The van der Waals surface area contributed by atoms with Crippen LogP contribution >= 0.6 is 0 Å². The van der Waals surface area contributed by atoms with Crippen LogP contribution in [0, 0.1) is 5.92 Å². The summed E-state index contributed by atoms with van der Waals surface area (Å²) in [5, 5.41) is 0. The van der Waals surface area contributed by atoms with E-state index in [2.05, 4.69) is 52.0 Å². The summed E-state index contributed by atoms with van der Waals surface area (Å²) in [5.41, 5.74) is 3.46. The molecule has 0 aromatic heterocycles.